The van der Waals surface area contributed by atoms with Crippen LogP contribution in [0.3, 0.4) is 0 Å². The lowest BCUT2D eigenvalue weighted by Crippen LogP contribution is -2.50. The second-order valence-electron chi connectivity index (χ2n) is 4.40. The van der Waals surface area contributed by atoms with Crippen molar-refractivity contribution < 1.29 is 9.53 Å². The van der Waals surface area contributed by atoms with Crippen LogP contribution in [0.2, 0.25) is 0 Å². The second kappa shape index (κ2) is 5.47. The molecule has 0 saturated carbocycles. The number of amides is 1. The van der Waals surface area contributed by atoms with Gasteiger partial charge in [-0.15, -0.1) is 0 Å². The predicted octanol–water partition coefficient (Wildman–Crippen LogP) is 0.424. The van der Waals surface area contributed by atoms with Gasteiger partial charge in [0.2, 0.25) is 5.91 Å². The largest absolute Gasteiger partial charge is 0.381 e. The molecule has 86 valence electrons. The molecule has 0 spiro atoms. The molecule has 1 atom stereocenters. The Labute approximate surface area is 90.8 Å². The summed E-state index contributed by atoms with van der Waals surface area (Å²) in [6.45, 7) is 2.54. The van der Waals surface area contributed by atoms with Gasteiger partial charge >= 0.3 is 0 Å². The molecular weight excluding hydrogens is 192 g/mol. The third kappa shape index (κ3) is 3.18. The molecule has 2 rings (SSSR count). The van der Waals surface area contributed by atoms with E-state index < -0.39 is 0 Å². The average Bonchev–Trinajstić information content (AvgIpc) is 2.31. The number of hydrogen-bond acceptors (Lipinski definition) is 3. The molecular formula is C11H20N2O2. The summed E-state index contributed by atoms with van der Waals surface area (Å²) in [7, 11) is 0. The van der Waals surface area contributed by atoms with Crippen LogP contribution < -0.4 is 10.6 Å². The van der Waals surface area contributed by atoms with E-state index in [1.54, 1.807) is 0 Å². The van der Waals surface area contributed by atoms with Gasteiger partial charge in [-0.3, -0.25) is 4.79 Å². The van der Waals surface area contributed by atoms with Crippen LogP contribution in [0.25, 0.3) is 0 Å². The molecule has 0 aliphatic carbocycles. The molecule has 2 N–H and O–H groups in total. The maximum atomic E-state index is 11.9. The number of ether oxygens (including phenoxy) is 1. The summed E-state index contributed by atoms with van der Waals surface area (Å²) in [4.78, 5) is 11.9. The Hall–Kier alpha value is -0.610. The molecule has 2 aliphatic rings. The highest BCUT2D eigenvalue weighted by Gasteiger charge is 2.23. The first-order valence-electron chi connectivity index (χ1n) is 5.98. The minimum Gasteiger partial charge on any atom is -0.381 e. The van der Waals surface area contributed by atoms with E-state index in [0.717, 1.165) is 39.0 Å². The minimum atomic E-state index is 0.0431. The molecule has 0 unspecified atom stereocenters. The lowest BCUT2D eigenvalue weighted by atomic mass is 10.0. The molecule has 0 radical (unpaired) electrons. The van der Waals surface area contributed by atoms with Gasteiger partial charge in [-0.1, -0.05) is 6.42 Å². The maximum Gasteiger partial charge on any atom is 0.237 e. The quantitative estimate of drug-likeness (QED) is 0.697. The highest BCUT2D eigenvalue weighted by Crippen LogP contribution is 2.10. The first-order chi connectivity index (χ1) is 7.36. The second-order valence-corrected chi connectivity index (χ2v) is 4.40. The summed E-state index contributed by atoms with van der Waals surface area (Å²) in [6, 6.07) is 0.372. The zero-order valence-electron chi connectivity index (χ0n) is 9.13. The fourth-order valence-corrected chi connectivity index (χ4v) is 2.22. The molecule has 2 saturated heterocycles. The molecule has 2 fully saturated rings. The minimum absolute atomic E-state index is 0.0431. The summed E-state index contributed by atoms with van der Waals surface area (Å²) in [6.07, 6.45) is 5.26. The average molecular weight is 212 g/mol. The summed E-state index contributed by atoms with van der Waals surface area (Å²) in [5, 5.41) is 6.37. The van der Waals surface area contributed by atoms with Gasteiger partial charge in [0, 0.05) is 19.3 Å². The Kier molecular flexibility index (Phi) is 3.97. The molecule has 15 heavy (non-hydrogen) atoms. The molecule has 4 nitrogen and oxygen atoms in total. The van der Waals surface area contributed by atoms with Gasteiger partial charge in [0.15, 0.2) is 0 Å². The van der Waals surface area contributed by atoms with Crippen molar-refractivity contribution >= 4 is 5.91 Å². The van der Waals surface area contributed by atoms with Gasteiger partial charge in [0.1, 0.15) is 0 Å². The Bertz CT molecular complexity index is 209. The highest BCUT2D eigenvalue weighted by molar-refractivity contribution is 5.82. The lowest BCUT2D eigenvalue weighted by Gasteiger charge is -2.27. The van der Waals surface area contributed by atoms with Crippen molar-refractivity contribution in [2.75, 3.05) is 19.8 Å². The molecule has 4 heteroatoms. The van der Waals surface area contributed by atoms with Gasteiger partial charge in [-0.2, -0.15) is 0 Å². The van der Waals surface area contributed by atoms with E-state index in [-0.39, 0.29) is 11.9 Å². The SMILES string of the molecule is O=C(NC1CCOCC1)[C@H]1CCCCN1. The number of piperidine rings is 1. The molecule has 0 aromatic heterocycles. The smallest absolute Gasteiger partial charge is 0.237 e. The maximum absolute atomic E-state index is 11.9. The van der Waals surface area contributed by atoms with Crippen LogP contribution in [0.5, 0.6) is 0 Å². The van der Waals surface area contributed by atoms with E-state index in [2.05, 4.69) is 10.6 Å². The molecule has 2 heterocycles. The predicted molar refractivity (Wildman–Crippen MR) is 57.6 cm³/mol. The van der Waals surface area contributed by atoms with Crippen molar-refractivity contribution in [2.45, 2.75) is 44.2 Å². The van der Waals surface area contributed by atoms with Crippen molar-refractivity contribution in [1.82, 2.24) is 10.6 Å². The Balaban J connectivity index is 1.74. The van der Waals surface area contributed by atoms with Gasteiger partial charge in [-0.25, -0.2) is 0 Å². The molecule has 0 bridgehead atoms. The zero-order valence-corrected chi connectivity index (χ0v) is 9.13. The normalized spacial score (nSPS) is 28.7. The summed E-state index contributed by atoms with van der Waals surface area (Å²) >= 11 is 0. The van der Waals surface area contributed by atoms with Crippen LogP contribution in [-0.2, 0) is 9.53 Å². The van der Waals surface area contributed by atoms with E-state index in [9.17, 15) is 4.79 Å². The van der Waals surface area contributed by atoms with E-state index in [1.165, 1.54) is 12.8 Å². The van der Waals surface area contributed by atoms with Gasteiger partial charge in [-0.05, 0) is 32.2 Å². The molecule has 1 amide bonds. The van der Waals surface area contributed by atoms with Crippen molar-refractivity contribution in [3.8, 4) is 0 Å². The van der Waals surface area contributed by atoms with Crippen LogP contribution in [-0.4, -0.2) is 37.7 Å². The number of carbonyl (C=O) groups excluding carboxylic acids is 1. The summed E-state index contributed by atoms with van der Waals surface area (Å²) < 4.78 is 5.26. The van der Waals surface area contributed by atoms with Crippen LogP contribution >= 0.6 is 0 Å². The number of nitrogens with one attached hydrogen (secondary N) is 2. The molecule has 0 aromatic rings. The third-order valence-electron chi connectivity index (χ3n) is 3.19. The first-order valence-corrected chi connectivity index (χ1v) is 5.98. The van der Waals surface area contributed by atoms with Crippen LogP contribution in [0.4, 0.5) is 0 Å². The Morgan fingerprint density at radius 2 is 2.00 bits per heavy atom. The van der Waals surface area contributed by atoms with E-state index >= 15 is 0 Å². The van der Waals surface area contributed by atoms with Gasteiger partial charge in [0.05, 0.1) is 6.04 Å². The zero-order chi connectivity index (χ0) is 10.5. The summed E-state index contributed by atoms with van der Waals surface area (Å²) in [5.74, 6) is 0.182. The van der Waals surface area contributed by atoms with Gasteiger partial charge < -0.3 is 15.4 Å². The number of hydrogen-bond donors (Lipinski definition) is 2. The van der Waals surface area contributed by atoms with Crippen LogP contribution in [0.1, 0.15) is 32.1 Å². The Morgan fingerprint density at radius 1 is 1.20 bits per heavy atom. The van der Waals surface area contributed by atoms with Crippen molar-refractivity contribution in [1.29, 1.82) is 0 Å². The molecule has 2 aliphatic heterocycles. The lowest BCUT2D eigenvalue weighted by molar-refractivity contribution is -0.125. The van der Waals surface area contributed by atoms with Gasteiger partial charge in [0.25, 0.3) is 0 Å². The summed E-state index contributed by atoms with van der Waals surface area (Å²) in [5.41, 5.74) is 0. The molecule has 0 aromatic carbocycles. The fourth-order valence-electron chi connectivity index (χ4n) is 2.22. The monoisotopic (exact) mass is 212 g/mol. The number of carbonyl (C=O) groups is 1. The fraction of sp³-hybridized carbons (Fsp3) is 0.909. The van der Waals surface area contributed by atoms with Crippen molar-refractivity contribution in [2.24, 2.45) is 0 Å². The number of rotatable bonds is 2. The van der Waals surface area contributed by atoms with Crippen molar-refractivity contribution in [3.05, 3.63) is 0 Å². The highest BCUT2D eigenvalue weighted by atomic mass is 16.5. The van der Waals surface area contributed by atoms with Crippen LogP contribution in [0, 0.1) is 0 Å². The van der Waals surface area contributed by atoms with E-state index in [4.69, 9.17) is 4.74 Å². The third-order valence-corrected chi connectivity index (χ3v) is 3.19. The van der Waals surface area contributed by atoms with E-state index in [0.29, 0.717) is 6.04 Å². The Morgan fingerprint density at radius 3 is 2.67 bits per heavy atom. The van der Waals surface area contributed by atoms with E-state index in [1.807, 2.05) is 0 Å². The first kappa shape index (κ1) is 10.9. The standard InChI is InChI=1S/C11H20N2O2/c14-11(10-3-1-2-6-12-10)13-9-4-7-15-8-5-9/h9-10,12H,1-8H2,(H,13,14)/t10-/m1/s1. The van der Waals surface area contributed by atoms with Crippen molar-refractivity contribution in [3.63, 3.8) is 0 Å². The van der Waals surface area contributed by atoms with Crippen LogP contribution in [0.15, 0.2) is 0 Å². The topological polar surface area (TPSA) is 50.4 Å².